The molecule has 0 bridgehead atoms. The maximum atomic E-state index is 12.5. The van der Waals surface area contributed by atoms with Gasteiger partial charge in [-0.15, -0.1) is 10.2 Å². The number of alkyl halides is 6. The summed E-state index contributed by atoms with van der Waals surface area (Å²) in [6.07, 6.45) is -7.25. The fourth-order valence-corrected chi connectivity index (χ4v) is 4.61. The third-order valence-corrected chi connectivity index (χ3v) is 6.56. The van der Waals surface area contributed by atoms with Crippen LogP contribution in [0.2, 0.25) is 0 Å². The van der Waals surface area contributed by atoms with Crippen LogP contribution in [0.25, 0.3) is 11.4 Å². The van der Waals surface area contributed by atoms with Crippen LogP contribution < -0.4 is 0 Å². The zero-order valence-electron chi connectivity index (χ0n) is 20.1. The second-order valence-corrected chi connectivity index (χ2v) is 10.7. The number of rotatable bonds is 3. The van der Waals surface area contributed by atoms with Gasteiger partial charge in [0.25, 0.3) is 20.7 Å². The number of nitrogens with zero attached hydrogens (tertiary/aromatic N) is 6. The molecule has 0 atom stereocenters. The van der Waals surface area contributed by atoms with Crippen molar-refractivity contribution >= 4 is 19.7 Å². The molecule has 0 saturated heterocycles. The first-order chi connectivity index (χ1) is 17.4. The standard InChI is InChI=1S/C11H9ClF3N3O2S.C11H10F3N3/c1-6-3-7(2)9(21(12,19)20)4-8(6)18-5-16-10(17-18)11(13,14)15;1-7-3-4-9(8(2)5-7)17-6-15-10(16-17)11(12,13)14/h3-5H,1-2H3;3-6H,1-2H3. The van der Waals surface area contributed by atoms with Crippen LogP contribution in [0.1, 0.15) is 33.9 Å². The molecule has 204 valence electrons. The van der Waals surface area contributed by atoms with E-state index in [4.69, 9.17) is 10.7 Å². The van der Waals surface area contributed by atoms with Crippen molar-refractivity contribution in [2.75, 3.05) is 0 Å². The Hall–Kier alpha value is -3.46. The van der Waals surface area contributed by atoms with Crippen LogP contribution in [0.15, 0.2) is 47.9 Å². The Bertz CT molecular complexity index is 1580. The van der Waals surface area contributed by atoms with Crippen molar-refractivity contribution in [1.82, 2.24) is 29.5 Å². The number of halogens is 7. The van der Waals surface area contributed by atoms with Gasteiger partial charge in [0.15, 0.2) is 0 Å². The molecule has 0 aliphatic rings. The van der Waals surface area contributed by atoms with Crippen LogP contribution >= 0.6 is 10.7 Å². The van der Waals surface area contributed by atoms with E-state index in [9.17, 15) is 34.8 Å². The fourth-order valence-electron chi connectivity index (χ4n) is 3.41. The van der Waals surface area contributed by atoms with E-state index in [1.54, 1.807) is 13.0 Å². The molecule has 2 aromatic heterocycles. The summed E-state index contributed by atoms with van der Waals surface area (Å²) in [6, 6.07) is 8.09. The highest BCUT2D eigenvalue weighted by molar-refractivity contribution is 8.13. The number of aryl methyl sites for hydroxylation is 4. The summed E-state index contributed by atoms with van der Waals surface area (Å²) < 4.78 is 99.4. The minimum absolute atomic E-state index is 0.155. The van der Waals surface area contributed by atoms with Gasteiger partial charge in [-0.2, -0.15) is 26.3 Å². The lowest BCUT2D eigenvalue weighted by Gasteiger charge is -2.10. The van der Waals surface area contributed by atoms with Gasteiger partial charge in [-0.3, -0.25) is 0 Å². The van der Waals surface area contributed by atoms with Crippen LogP contribution in [-0.4, -0.2) is 37.9 Å². The summed E-state index contributed by atoms with van der Waals surface area (Å²) in [4.78, 5) is 6.23. The SMILES string of the molecule is Cc1cc(C)c(S(=O)(=O)Cl)cc1-n1cnc(C(F)(F)F)n1.Cc1ccc(-n2cnc(C(F)(F)F)n2)c(C)c1. The molecule has 0 amide bonds. The highest BCUT2D eigenvalue weighted by atomic mass is 35.7. The van der Waals surface area contributed by atoms with E-state index in [1.807, 2.05) is 26.0 Å². The monoisotopic (exact) mass is 580 g/mol. The molecule has 8 nitrogen and oxygen atoms in total. The molecule has 0 aliphatic carbocycles. The van der Waals surface area contributed by atoms with Gasteiger partial charge in [0, 0.05) is 10.7 Å². The van der Waals surface area contributed by atoms with Crippen molar-refractivity contribution < 1.29 is 34.8 Å². The predicted octanol–water partition coefficient (Wildman–Crippen LogP) is 5.73. The highest BCUT2D eigenvalue weighted by Gasteiger charge is 2.36. The first kappa shape index (κ1) is 29.1. The molecule has 0 spiro atoms. The van der Waals surface area contributed by atoms with Gasteiger partial charge >= 0.3 is 12.4 Å². The third-order valence-electron chi connectivity index (χ3n) is 5.09. The minimum atomic E-state index is -4.68. The molecule has 0 saturated carbocycles. The van der Waals surface area contributed by atoms with Gasteiger partial charge in [0.05, 0.1) is 16.3 Å². The molecule has 2 heterocycles. The molecule has 2 aromatic carbocycles. The number of benzene rings is 2. The molecule has 16 heteroatoms. The van der Waals surface area contributed by atoms with E-state index in [0.29, 0.717) is 16.8 Å². The lowest BCUT2D eigenvalue weighted by atomic mass is 10.1. The van der Waals surface area contributed by atoms with Crippen molar-refractivity contribution in [2.24, 2.45) is 0 Å². The van der Waals surface area contributed by atoms with Crippen LogP contribution in [-0.2, 0) is 21.4 Å². The molecule has 4 aromatic rings. The Balaban J connectivity index is 0.000000215. The lowest BCUT2D eigenvalue weighted by Crippen LogP contribution is -2.09. The van der Waals surface area contributed by atoms with Crippen LogP contribution in [0.5, 0.6) is 0 Å². The van der Waals surface area contributed by atoms with Gasteiger partial charge < -0.3 is 0 Å². The van der Waals surface area contributed by atoms with Gasteiger partial charge in [0.2, 0.25) is 0 Å². The van der Waals surface area contributed by atoms with Gasteiger partial charge in [0.1, 0.15) is 12.7 Å². The van der Waals surface area contributed by atoms with Gasteiger partial charge in [-0.05, 0) is 56.5 Å². The van der Waals surface area contributed by atoms with Crippen LogP contribution in [0.3, 0.4) is 0 Å². The minimum Gasteiger partial charge on any atom is -0.220 e. The third kappa shape index (κ3) is 6.69. The number of hydrogen-bond acceptors (Lipinski definition) is 6. The summed E-state index contributed by atoms with van der Waals surface area (Å²) in [6.45, 7) is 6.88. The van der Waals surface area contributed by atoms with E-state index < -0.39 is 33.1 Å². The highest BCUT2D eigenvalue weighted by Crippen LogP contribution is 2.29. The summed E-state index contributed by atoms with van der Waals surface area (Å²) in [5.74, 6) is -2.43. The molecule has 0 unspecified atom stereocenters. The summed E-state index contributed by atoms with van der Waals surface area (Å²) in [5, 5.41) is 6.73. The topological polar surface area (TPSA) is 95.6 Å². The molecule has 4 rings (SSSR count). The van der Waals surface area contributed by atoms with E-state index >= 15 is 0 Å². The van der Waals surface area contributed by atoms with Crippen molar-refractivity contribution in [3.63, 3.8) is 0 Å². The maximum absolute atomic E-state index is 12.5. The Morgan fingerprint density at radius 3 is 1.61 bits per heavy atom. The Morgan fingerprint density at radius 2 is 1.18 bits per heavy atom. The predicted molar refractivity (Wildman–Crippen MR) is 125 cm³/mol. The lowest BCUT2D eigenvalue weighted by molar-refractivity contribution is -0.145. The van der Waals surface area contributed by atoms with Crippen LogP contribution in [0, 0.1) is 27.7 Å². The molecule has 0 N–H and O–H groups in total. The average Bonchev–Trinajstić information content (AvgIpc) is 3.43. The molecule has 0 radical (unpaired) electrons. The smallest absolute Gasteiger partial charge is 0.220 e. The normalized spacial score (nSPS) is 12.3. The van der Waals surface area contributed by atoms with Crippen molar-refractivity contribution in [1.29, 1.82) is 0 Å². The van der Waals surface area contributed by atoms with E-state index in [1.165, 1.54) is 19.1 Å². The Morgan fingerprint density at radius 1 is 0.711 bits per heavy atom. The van der Waals surface area contributed by atoms with Crippen LogP contribution in [0.4, 0.5) is 26.3 Å². The van der Waals surface area contributed by atoms with E-state index in [-0.39, 0.29) is 10.6 Å². The Kier molecular flexibility index (Phi) is 7.94. The number of aromatic nitrogens is 6. The van der Waals surface area contributed by atoms with Crippen molar-refractivity contribution in [2.45, 2.75) is 44.9 Å². The molecule has 0 fully saturated rings. The second-order valence-electron chi connectivity index (χ2n) is 8.15. The molecular formula is C22H19ClF6N6O2S. The largest absolute Gasteiger partial charge is 0.453 e. The van der Waals surface area contributed by atoms with Crippen molar-refractivity contribution in [3.8, 4) is 11.4 Å². The van der Waals surface area contributed by atoms with Crippen molar-refractivity contribution in [3.05, 3.63) is 76.9 Å². The van der Waals surface area contributed by atoms with Gasteiger partial charge in [-0.1, -0.05) is 23.8 Å². The summed E-state index contributed by atoms with van der Waals surface area (Å²) >= 11 is 0. The quantitative estimate of drug-likeness (QED) is 0.227. The molecule has 0 aliphatic heterocycles. The second kappa shape index (κ2) is 10.4. The first-order valence-electron chi connectivity index (χ1n) is 10.5. The van der Waals surface area contributed by atoms with E-state index in [2.05, 4.69) is 20.2 Å². The number of hydrogen-bond donors (Lipinski definition) is 0. The summed E-state index contributed by atoms with van der Waals surface area (Å²) in [5.41, 5.74) is 3.57. The zero-order chi connectivity index (χ0) is 28.6. The Labute approximate surface area is 217 Å². The molecule has 38 heavy (non-hydrogen) atoms. The maximum Gasteiger partial charge on any atom is 0.453 e. The van der Waals surface area contributed by atoms with E-state index in [0.717, 1.165) is 33.1 Å². The zero-order valence-corrected chi connectivity index (χ0v) is 21.7. The first-order valence-corrected chi connectivity index (χ1v) is 12.8. The summed E-state index contributed by atoms with van der Waals surface area (Å²) in [7, 11) is 1.29. The van der Waals surface area contributed by atoms with Gasteiger partial charge in [-0.25, -0.2) is 27.7 Å². The molecular weight excluding hydrogens is 562 g/mol. The fraction of sp³-hybridized carbons (Fsp3) is 0.273. The average molecular weight is 581 g/mol.